The van der Waals surface area contributed by atoms with Crippen LogP contribution in [-0.4, -0.2) is 23.1 Å². The average molecular weight is 478 g/mol. The topological polar surface area (TPSA) is 24.5 Å². The van der Waals surface area contributed by atoms with E-state index in [0.717, 1.165) is 5.69 Å². The fraction of sp³-hybridized carbons (Fsp3) is 0.208. The molecule has 0 amide bonds. The van der Waals surface area contributed by atoms with Crippen LogP contribution < -0.4 is 10.1 Å². The number of halogens is 5. The maximum absolute atomic E-state index is 14.4. The van der Waals surface area contributed by atoms with Gasteiger partial charge in [-0.05, 0) is 29.9 Å². The third-order valence-corrected chi connectivity index (χ3v) is 6.01. The van der Waals surface area contributed by atoms with Gasteiger partial charge in [0.15, 0.2) is 10.9 Å². The van der Waals surface area contributed by atoms with Gasteiger partial charge in [-0.3, -0.25) is 0 Å². The van der Waals surface area contributed by atoms with Crippen LogP contribution in [0.1, 0.15) is 18.4 Å². The summed E-state index contributed by atoms with van der Waals surface area (Å²) in [4.78, 5) is 1.87. The minimum Gasteiger partial charge on any atom is -0.476 e. The van der Waals surface area contributed by atoms with Crippen molar-refractivity contribution in [3.05, 3.63) is 95.3 Å². The Balaban J connectivity index is 1.62. The fourth-order valence-electron chi connectivity index (χ4n) is 3.86. The molecule has 172 valence electrons. The van der Waals surface area contributed by atoms with Crippen molar-refractivity contribution in [1.29, 1.82) is 0 Å². The molecule has 0 aliphatic carbocycles. The van der Waals surface area contributed by atoms with Crippen LogP contribution in [0.2, 0.25) is 0 Å². The molecule has 1 fully saturated rings. The van der Waals surface area contributed by atoms with E-state index in [0.29, 0.717) is 23.8 Å². The van der Waals surface area contributed by atoms with Crippen LogP contribution in [0.5, 0.6) is 5.75 Å². The summed E-state index contributed by atoms with van der Waals surface area (Å²) in [5.74, 6) is -11.6. The summed E-state index contributed by atoms with van der Waals surface area (Å²) in [6, 6.07) is 17.9. The SMILES string of the molecule is Fc1c(F)c(F)c(OC2(c3ccccc3)CCN(C(=S)Nc3ccccc3)CC2)c(F)c1F. The van der Waals surface area contributed by atoms with Crippen LogP contribution in [0.4, 0.5) is 27.6 Å². The number of anilines is 1. The zero-order valence-corrected chi connectivity index (χ0v) is 18.1. The van der Waals surface area contributed by atoms with Gasteiger partial charge in [0.05, 0.1) is 0 Å². The van der Waals surface area contributed by atoms with Gasteiger partial charge in [0.1, 0.15) is 5.60 Å². The molecular weight excluding hydrogens is 459 g/mol. The lowest BCUT2D eigenvalue weighted by atomic mass is 9.84. The highest BCUT2D eigenvalue weighted by atomic mass is 32.1. The predicted octanol–water partition coefficient (Wildman–Crippen LogP) is 6.15. The van der Waals surface area contributed by atoms with Gasteiger partial charge < -0.3 is 15.0 Å². The Labute approximate surface area is 192 Å². The molecule has 1 aliphatic heterocycles. The van der Waals surface area contributed by atoms with Crippen LogP contribution in [0.15, 0.2) is 60.7 Å². The van der Waals surface area contributed by atoms with Gasteiger partial charge in [0.2, 0.25) is 29.1 Å². The van der Waals surface area contributed by atoms with Crippen molar-refractivity contribution in [2.24, 2.45) is 0 Å². The summed E-state index contributed by atoms with van der Waals surface area (Å²) >= 11 is 5.48. The zero-order valence-electron chi connectivity index (χ0n) is 17.3. The van der Waals surface area contributed by atoms with E-state index in [9.17, 15) is 22.0 Å². The Kier molecular flexibility index (Phi) is 6.51. The number of ether oxygens (including phenoxy) is 1. The van der Waals surface area contributed by atoms with Crippen molar-refractivity contribution < 1.29 is 26.7 Å². The van der Waals surface area contributed by atoms with E-state index >= 15 is 0 Å². The largest absolute Gasteiger partial charge is 0.476 e. The highest BCUT2D eigenvalue weighted by Crippen LogP contribution is 2.41. The van der Waals surface area contributed by atoms with E-state index in [1.165, 1.54) is 0 Å². The molecular formula is C24H19F5N2OS. The third kappa shape index (κ3) is 4.50. The van der Waals surface area contributed by atoms with E-state index in [2.05, 4.69) is 5.32 Å². The Morgan fingerprint density at radius 1 is 0.758 bits per heavy atom. The molecule has 4 rings (SSSR count). The van der Waals surface area contributed by atoms with Crippen molar-refractivity contribution in [3.63, 3.8) is 0 Å². The summed E-state index contributed by atoms with van der Waals surface area (Å²) < 4.78 is 75.5. The van der Waals surface area contributed by atoms with Crippen LogP contribution in [0, 0.1) is 29.1 Å². The minimum atomic E-state index is -2.22. The zero-order chi connectivity index (χ0) is 23.6. The van der Waals surface area contributed by atoms with E-state index in [1.807, 2.05) is 35.2 Å². The van der Waals surface area contributed by atoms with Crippen molar-refractivity contribution in [1.82, 2.24) is 4.90 Å². The molecule has 3 aromatic carbocycles. The van der Waals surface area contributed by atoms with Crippen LogP contribution in [0.25, 0.3) is 0 Å². The first-order chi connectivity index (χ1) is 15.8. The molecule has 1 aliphatic rings. The van der Waals surface area contributed by atoms with Crippen molar-refractivity contribution >= 4 is 23.0 Å². The number of nitrogens with zero attached hydrogens (tertiary/aromatic N) is 1. The van der Waals surface area contributed by atoms with Crippen LogP contribution in [0.3, 0.4) is 0 Å². The number of rotatable bonds is 4. The van der Waals surface area contributed by atoms with E-state index in [-0.39, 0.29) is 12.8 Å². The molecule has 0 atom stereocenters. The molecule has 0 bridgehead atoms. The number of hydrogen-bond donors (Lipinski definition) is 1. The van der Waals surface area contributed by atoms with Crippen molar-refractivity contribution in [2.75, 3.05) is 18.4 Å². The lowest BCUT2D eigenvalue weighted by Gasteiger charge is -2.43. The second-order valence-electron chi connectivity index (χ2n) is 7.64. The minimum absolute atomic E-state index is 0.202. The lowest BCUT2D eigenvalue weighted by molar-refractivity contribution is 0.00518. The molecule has 1 heterocycles. The maximum Gasteiger partial charge on any atom is 0.207 e. The number of thiocarbonyl (C=S) groups is 1. The second kappa shape index (κ2) is 9.35. The van der Waals surface area contributed by atoms with Crippen LogP contribution in [-0.2, 0) is 5.60 Å². The van der Waals surface area contributed by atoms with Gasteiger partial charge in [-0.2, -0.15) is 8.78 Å². The normalized spacial score (nSPS) is 15.2. The first-order valence-corrected chi connectivity index (χ1v) is 10.6. The molecule has 9 heteroatoms. The Morgan fingerprint density at radius 3 is 1.79 bits per heavy atom. The third-order valence-electron chi connectivity index (χ3n) is 5.65. The summed E-state index contributed by atoms with van der Waals surface area (Å²) in [5, 5.41) is 3.58. The molecule has 0 radical (unpaired) electrons. The summed E-state index contributed by atoms with van der Waals surface area (Å²) in [5.41, 5.74) is 0.0639. The van der Waals surface area contributed by atoms with Gasteiger partial charge in [0, 0.05) is 31.6 Å². The maximum atomic E-state index is 14.4. The smallest absolute Gasteiger partial charge is 0.207 e. The van der Waals surface area contributed by atoms with E-state index in [4.69, 9.17) is 17.0 Å². The van der Waals surface area contributed by atoms with Gasteiger partial charge in [-0.1, -0.05) is 48.5 Å². The quantitative estimate of drug-likeness (QED) is 0.210. The van der Waals surface area contributed by atoms with E-state index in [1.54, 1.807) is 30.3 Å². The number of piperidine rings is 1. The molecule has 1 N–H and O–H groups in total. The molecule has 1 saturated heterocycles. The molecule has 33 heavy (non-hydrogen) atoms. The number of nitrogens with one attached hydrogen (secondary N) is 1. The van der Waals surface area contributed by atoms with Gasteiger partial charge >= 0.3 is 0 Å². The molecule has 0 aromatic heterocycles. The highest BCUT2D eigenvalue weighted by Gasteiger charge is 2.41. The molecule has 0 unspecified atom stereocenters. The summed E-state index contributed by atoms with van der Waals surface area (Å²) in [6.45, 7) is 0.673. The van der Waals surface area contributed by atoms with Gasteiger partial charge in [0.25, 0.3) is 0 Å². The predicted molar refractivity (Wildman–Crippen MR) is 118 cm³/mol. The monoisotopic (exact) mass is 478 g/mol. The Morgan fingerprint density at radius 2 is 1.24 bits per heavy atom. The second-order valence-corrected chi connectivity index (χ2v) is 8.03. The Hall–Kier alpha value is -3.20. The Bertz CT molecular complexity index is 1120. The number of benzene rings is 3. The first kappa shape index (κ1) is 23.0. The molecule has 3 aromatic rings. The molecule has 0 spiro atoms. The molecule has 3 nitrogen and oxygen atoms in total. The fourth-order valence-corrected chi connectivity index (χ4v) is 4.16. The number of para-hydroxylation sites is 1. The van der Waals surface area contributed by atoms with E-state index < -0.39 is 40.4 Å². The number of likely N-dealkylation sites (tertiary alicyclic amines) is 1. The standard InChI is InChI=1S/C24H19F5N2OS/c25-17-18(26)20(28)22(21(29)19(17)27)32-24(15-7-3-1-4-8-15)11-13-31(14-12-24)23(33)30-16-9-5-2-6-10-16/h1-10H,11-14H2,(H,30,33). The van der Waals surface area contributed by atoms with Crippen molar-refractivity contribution in [3.8, 4) is 5.75 Å². The van der Waals surface area contributed by atoms with Gasteiger partial charge in [-0.15, -0.1) is 0 Å². The van der Waals surface area contributed by atoms with Crippen molar-refractivity contribution in [2.45, 2.75) is 18.4 Å². The summed E-state index contributed by atoms with van der Waals surface area (Å²) in [7, 11) is 0. The highest BCUT2D eigenvalue weighted by molar-refractivity contribution is 7.80. The number of hydrogen-bond acceptors (Lipinski definition) is 2. The first-order valence-electron chi connectivity index (χ1n) is 10.2. The lowest BCUT2D eigenvalue weighted by Crippen LogP contribution is -2.49. The average Bonchev–Trinajstić information content (AvgIpc) is 2.86. The van der Waals surface area contributed by atoms with Gasteiger partial charge in [-0.25, -0.2) is 13.2 Å². The van der Waals surface area contributed by atoms with Crippen LogP contribution >= 0.6 is 12.2 Å². The summed E-state index contributed by atoms with van der Waals surface area (Å²) in [6.07, 6.45) is 0.403. The molecule has 0 saturated carbocycles.